The van der Waals surface area contributed by atoms with Crippen LogP contribution in [0.5, 0.6) is 0 Å². The number of amides is 1. The Labute approximate surface area is 135 Å². The van der Waals surface area contributed by atoms with E-state index in [1.807, 2.05) is 24.3 Å². The van der Waals surface area contributed by atoms with Crippen molar-refractivity contribution in [2.75, 3.05) is 5.32 Å². The first kappa shape index (κ1) is 15.9. The van der Waals surface area contributed by atoms with Gasteiger partial charge in [-0.15, -0.1) is 0 Å². The van der Waals surface area contributed by atoms with Crippen molar-refractivity contribution >= 4 is 34.8 Å². The first-order valence-corrected chi connectivity index (χ1v) is 7.63. The average molecular weight is 322 g/mol. The number of halogens is 2. The van der Waals surface area contributed by atoms with Gasteiger partial charge in [-0.05, 0) is 48.2 Å². The number of carbonyl (C=O) groups excluding carboxylic acids is 1. The SMILES string of the molecule is CC[C@@H](C)c1ccc(NC(=O)c2ccc(Cl)c(Cl)c2)cc1. The van der Waals surface area contributed by atoms with Crippen LogP contribution in [-0.2, 0) is 0 Å². The molecule has 0 unspecified atom stereocenters. The third-order valence-electron chi connectivity index (χ3n) is 3.53. The van der Waals surface area contributed by atoms with E-state index < -0.39 is 0 Å². The van der Waals surface area contributed by atoms with Crippen LogP contribution >= 0.6 is 23.2 Å². The van der Waals surface area contributed by atoms with Gasteiger partial charge in [-0.25, -0.2) is 0 Å². The second kappa shape index (κ2) is 6.97. The highest BCUT2D eigenvalue weighted by Gasteiger charge is 2.09. The molecule has 110 valence electrons. The predicted octanol–water partition coefficient (Wildman–Crippen LogP) is 5.76. The molecule has 0 spiro atoms. The van der Waals surface area contributed by atoms with Gasteiger partial charge < -0.3 is 5.32 Å². The van der Waals surface area contributed by atoms with Crippen molar-refractivity contribution in [1.82, 2.24) is 0 Å². The summed E-state index contributed by atoms with van der Waals surface area (Å²) in [5.74, 6) is 0.315. The highest BCUT2D eigenvalue weighted by molar-refractivity contribution is 6.42. The monoisotopic (exact) mass is 321 g/mol. The third kappa shape index (κ3) is 3.99. The summed E-state index contributed by atoms with van der Waals surface area (Å²) in [5.41, 5.74) is 2.51. The van der Waals surface area contributed by atoms with E-state index in [0.29, 0.717) is 21.5 Å². The lowest BCUT2D eigenvalue weighted by Crippen LogP contribution is -2.11. The molecule has 1 atom stereocenters. The summed E-state index contributed by atoms with van der Waals surface area (Å²) in [7, 11) is 0. The van der Waals surface area contributed by atoms with Crippen molar-refractivity contribution in [2.45, 2.75) is 26.2 Å². The van der Waals surface area contributed by atoms with E-state index in [0.717, 1.165) is 12.1 Å². The Morgan fingerprint density at radius 1 is 1.10 bits per heavy atom. The Kier molecular flexibility index (Phi) is 5.27. The van der Waals surface area contributed by atoms with Gasteiger partial charge in [0, 0.05) is 11.3 Å². The summed E-state index contributed by atoms with van der Waals surface area (Å²) in [6.07, 6.45) is 1.09. The van der Waals surface area contributed by atoms with Crippen molar-refractivity contribution in [3.63, 3.8) is 0 Å². The number of anilines is 1. The summed E-state index contributed by atoms with van der Waals surface area (Å²) < 4.78 is 0. The minimum atomic E-state index is -0.204. The van der Waals surface area contributed by atoms with Crippen LogP contribution in [0.15, 0.2) is 42.5 Å². The molecule has 2 rings (SSSR count). The van der Waals surface area contributed by atoms with Crippen LogP contribution in [0, 0.1) is 0 Å². The van der Waals surface area contributed by atoms with Crippen molar-refractivity contribution in [2.24, 2.45) is 0 Å². The van der Waals surface area contributed by atoms with Crippen LogP contribution in [0.3, 0.4) is 0 Å². The predicted molar refractivity (Wildman–Crippen MR) is 89.6 cm³/mol. The average Bonchev–Trinajstić information content (AvgIpc) is 2.50. The number of carbonyl (C=O) groups is 1. The molecule has 2 aromatic carbocycles. The van der Waals surface area contributed by atoms with Gasteiger partial charge in [0.05, 0.1) is 10.0 Å². The van der Waals surface area contributed by atoms with Crippen LogP contribution < -0.4 is 5.32 Å². The zero-order valence-corrected chi connectivity index (χ0v) is 13.5. The molecule has 0 fully saturated rings. The van der Waals surface area contributed by atoms with Crippen molar-refractivity contribution in [3.8, 4) is 0 Å². The Balaban J connectivity index is 2.10. The van der Waals surface area contributed by atoms with Gasteiger partial charge in [0.2, 0.25) is 0 Å². The lowest BCUT2D eigenvalue weighted by atomic mass is 9.98. The molecule has 0 saturated heterocycles. The Bertz CT molecular complexity index is 638. The highest BCUT2D eigenvalue weighted by Crippen LogP contribution is 2.24. The number of nitrogens with one attached hydrogen (secondary N) is 1. The van der Waals surface area contributed by atoms with Crippen LogP contribution in [0.25, 0.3) is 0 Å². The Morgan fingerprint density at radius 2 is 1.76 bits per heavy atom. The largest absolute Gasteiger partial charge is 0.322 e. The summed E-state index contributed by atoms with van der Waals surface area (Å²) in [5, 5.41) is 3.66. The molecular weight excluding hydrogens is 305 g/mol. The van der Waals surface area contributed by atoms with Crippen LogP contribution in [0.2, 0.25) is 10.0 Å². The van der Waals surface area contributed by atoms with Gasteiger partial charge in [-0.1, -0.05) is 49.2 Å². The standard InChI is InChI=1S/C17H17Cl2NO/c1-3-11(2)12-4-7-14(8-5-12)20-17(21)13-6-9-15(18)16(19)10-13/h4-11H,3H2,1-2H3,(H,20,21)/t11-/m1/s1. The first-order chi connectivity index (χ1) is 10.0. The number of benzene rings is 2. The van der Waals surface area contributed by atoms with Gasteiger partial charge in [0.1, 0.15) is 0 Å². The fraction of sp³-hybridized carbons (Fsp3) is 0.235. The fourth-order valence-electron chi connectivity index (χ4n) is 1.97. The fourth-order valence-corrected chi connectivity index (χ4v) is 2.27. The number of hydrogen-bond donors (Lipinski definition) is 1. The van der Waals surface area contributed by atoms with E-state index in [1.165, 1.54) is 5.56 Å². The van der Waals surface area contributed by atoms with E-state index in [4.69, 9.17) is 23.2 Å². The molecule has 0 saturated carbocycles. The molecule has 0 radical (unpaired) electrons. The summed E-state index contributed by atoms with van der Waals surface area (Å²) in [6, 6.07) is 12.7. The maximum absolute atomic E-state index is 12.1. The van der Waals surface area contributed by atoms with E-state index in [9.17, 15) is 4.79 Å². The van der Waals surface area contributed by atoms with Crippen LogP contribution in [0.4, 0.5) is 5.69 Å². The summed E-state index contributed by atoms with van der Waals surface area (Å²) >= 11 is 11.8. The molecule has 21 heavy (non-hydrogen) atoms. The lowest BCUT2D eigenvalue weighted by Gasteiger charge is -2.10. The normalized spacial score (nSPS) is 12.0. The highest BCUT2D eigenvalue weighted by atomic mass is 35.5. The maximum atomic E-state index is 12.1. The second-order valence-corrected chi connectivity index (χ2v) is 5.83. The molecule has 1 N–H and O–H groups in total. The molecule has 1 amide bonds. The van der Waals surface area contributed by atoms with E-state index >= 15 is 0 Å². The zero-order chi connectivity index (χ0) is 15.4. The maximum Gasteiger partial charge on any atom is 0.255 e. The molecule has 0 aromatic heterocycles. The minimum absolute atomic E-state index is 0.204. The molecule has 4 heteroatoms. The molecule has 0 bridgehead atoms. The van der Waals surface area contributed by atoms with Gasteiger partial charge in [-0.2, -0.15) is 0 Å². The minimum Gasteiger partial charge on any atom is -0.322 e. The Morgan fingerprint density at radius 3 is 2.33 bits per heavy atom. The van der Waals surface area contributed by atoms with Crippen LogP contribution in [-0.4, -0.2) is 5.91 Å². The van der Waals surface area contributed by atoms with Gasteiger partial charge in [0.25, 0.3) is 5.91 Å². The van der Waals surface area contributed by atoms with E-state index in [-0.39, 0.29) is 5.91 Å². The second-order valence-electron chi connectivity index (χ2n) is 5.01. The Hall–Kier alpha value is -1.51. The quantitative estimate of drug-likeness (QED) is 0.762. The molecule has 0 aliphatic heterocycles. The van der Waals surface area contributed by atoms with Crippen molar-refractivity contribution < 1.29 is 4.79 Å². The smallest absolute Gasteiger partial charge is 0.255 e. The molecule has 0 aliphatic carbocycles. The molecule has 2 aromatic rings. The topological polar surface area (TPSA) is 29.1 Å². The molecule has 0 heterocycles. The first-order valence-electron chi connectivity index (χ1n) is 6.87. The van der Waals surface area contributed by atoms with Gasteiger partial charge in [-0.3, -0.25) is 4.79 Å². The molecular formula is C17H17Cl2NO. The van der Waals surface area contributed by atoms with Gasteiger partial charge >= 0.3 is 0 Å². The van der Waals surface area contributed by atoms with Gasteiger partial charge in [0.15, 0.2) is 0 Å². The molecule has 2 nitrogen and oxygen atoms in total. The van der Waals surface area contributed by atoms with Crippen molar-refractivity contribution in [1.29, 1.82) is 0 Å². The summed E-state index contributed by atoms with van der Waals surface area (Å²) in [6.45, 7) is 4.34. The summed E-state index contributed by atoms with van der Waals surface area (Å²) in [4.78, 5) is 12.1. The van der Waals surface area contributed by atoms with E-state index in [1.54, 1.807) is 18.2 Å². The lowest BCUT2D eigenvalue weighted by molar-refractivity contribution is 0.102. The zero-order valence-electron chi connectivity index (χ0n) is 12.0. The molecule has 0 aliphatic rings. The van der Waals surface area contributed by atoms with Crippen LogP contribution in [0.1, 0.15) is 42.1 Å². The van der Waals surface area contributed by atoms with Crippen molar-refractivity contribution in [3.05, 3.63) is 63.6 Å². The third-order valence-corrected chi connectivity index (χ3v) is 4.27. The number of rotatable bonds is 4. The van der Waals surface area contributed by atoms with E-state index in [2.05, 4.69) is 19.2 Å². The number of hydrogen-bond acceptors (Lipinski definition) is 1.